The van der Waals surface area contributed by atoms with Gasteiger partial charge in [0.15, 0.2) is 0 Å². The van der Waals surface area contributed by atoms with Crippen LogP contribution in [0.5, 0.6) is 0 Å². The molecule has 27 heavy (non-hydrogen) atoms. The standard InChI is InChI=1S/C22H27N5/c1-4-21-25-18(16-26(21)5-2)19-11-8-12-20(27(19)15-7-6-13-23)22-17(3)10-9-14-24-22/h4-5,9-10,14,16,19-20H,1-2,6-8,11-12,15H2,3H3. The molecule has 1 saturated heterocycles. The van der Waals surface area contributed by atoms with E-state index in [0.717, 1.165) is 49.4 Å². The van der Waals surface area contributed by atoms with Crippen LogP contribution in [0.2, 0.25) is 0 Å². The zero-order chi connectivity index (χ0) is 19.2. The molecule has 2 aromatic rings. The van der Waals surface area contributed by atoms with Crippen LogP contribution < -0.4 is 0 Å². The normalized spacial score (nSPS) is 20.1. The third kappa shape index (κ3) is 4.01. The average molecular weight is 361 g/mol. The van der Waals surface area contributed by atoms with Crippen LogP contribution in [0.25, 0.3) is 12.3 Å². The van der Waals surface area contributed by atoms with Crippen molar-refractivity contribution in [2.75, 3.05) is 6.54 Å². The summed E-state index contributed by atoms with van der Waals surface area (Å²) in [5.74, 6) is 0.813. The molecule has 2 aromatic heterocycles. The number of pyridine rings is 1. The van der Waals surface area contributed by atoms with E-state index >= 15 is 0 Å². The maximum Gasteiger partial charge on any atom is 0.136 e. The molecule has 140 valence electrons. The molecule has 3 heterocycles. The first-order chi connectivity index (χ1) is 13.2. The third-order valence-electron chi connectivity index (χ3n) is 5.33. The van der Waals surface area contributed by atoms with Crippen LogP contribution in [0, 0.1) is 18.3 Å². The Morgan fingerprint density at radius 2 is 2.15 bits per heavy atom. The summed E-state index contributed by atoms with van der Waals surface area (Å²) in [6.07, 6.45) is 12.1. The molecule has 1 aliphatic heterocycles. The van der Waals surface area contributed by atoms with Gasteiger partial charge in [-0.2, -0.15) is 5.26 Å². The van der Waals surface area contributed by atoms with Gasteiger partial charge in [-0.1, -0.05) is 19.2 Å². The molecule has 2 atom stereocenters. The van der Waals surface area contributed by atoms with Gasteiger partial charge >= 0.3 is 0 Å². The van der Waals surface area contributed by atoms with Crippen molar-refractivity contribution in [1.29, 1.82) is 5.26 Å². The Hall–Kier alpha value is -2.71. The highest BCUT2D eigenvalue weighted by Gasteiger charge is 2.34. The summed E-state index contributed by atoms with van der Waals surface area (Å²) in [6.45, 7) is 10.7. The van der Waals surface area contributed by atoms with Crippen LogP contribution in [-0.4, -0.2) is 26.0 Å². The zero-order valence-corrected chi connectivity index (χ0v) is 16.0. The van der Waals surface area contributed by atoms with Gasteiger partial charge in [0, 0.05) is 31.6 Å². The molecule has 5 heteroatoms. The van der Waals surface area contributed by atoms with Gasteiger partial charge in [0.1, 0.15) is 5.82 Å². The largest absolute Gasteiger partial charge is 0.307 e. The molecule has 0 aromatic carbocycles. The minimum Gasteiger partial charge on any atom is -0.307 e. The molecule has 0 aliphatic carbocycles. The van der Waals surface area contributed by atoms with Crippen LogP contribution in [-0.2, 0) is 0 Å². The summed E-state index contributed by atoms with van der Waals surface area (Å²) in [5.41, 5.74) is 3.41. The number of rotatable bonds is 7. The Morgan fingerprint density at radius 1 is 1.33 bits per heavy atom. The van der Waals surface area contributed by atoms with E-state index in [9.17, 15) is 0 Å². The SMILES string of the molecule is C=Cc1nc(C2CCCC(c3ncccc3C)N2CCCC#N)cn1C=C. The fraction of sp³-hybridized carbons (Fsp3) is 0.409. The third-order valence-corrected chi connectivity index (χ3v) is 5.33. The Balaban J connectivity index is 1.97. The average Bonchev–Trinajstić information content (AvgIpc) is 3.12. The van der Waals surface area contributed by atoms with Gasteiger partial charge in [-0.05, 0) is 50.3 Å². The van der Waals surface area contributed by atoms with Crippen molar-refractivity contribution in [2.24, 2.45) is 0 Å². The number of nitriles is 1. The predicted molar refractivity (Wildman–Crippen MR) is 109 cm³/mol. The Bertz CT molecular complexity index is 819. The van der Waals surface area contributed by atoms with Crippen LogP contribution in [0.4, 0.5) is 0 Å². The van der Waals surface area contributed by atoms with Crippen molar-refractivity contribution in [3.8, 4) is 6.07 Å². The van der Waals surface area contributed by atoms with Crippen LogP contribution in [0.1, 0.15) is 67.0 Å². The fourth-order valence-electron chi connectivity index (χ4n) is 4.05. The van der Waals surface area contributed by atoms with Gasteiger partial charge < -0.3 is 4.57 Å². The lowest BCUT2D eigenvalue weighted by atomic mass is 9.90. The van der Waals surface area contributed by atoms with E-state index < -0.39 is 0 Å². The fourth-order valence-corrected chi connectivity index (χ4v) is 4.05. The number of aryl methyl sites for hydroxylation is 1. The number of piperidine rings is 1. The van der Waals surface area contributed by atoms with Crippen molar-refractivity contribution in [3.05, 3.63) is 60.5 Å². The van der Waals surface area contributed by atoms with E-state index in [-0.39, 0.29) is 12.1 Å². The first-order valence-electron chi connectivity index (χ1n) is 9.57. The van der Waals surface area contributed by atoms with Gasteiger partial charge in [0.2, 0.25) is 0 Å². The van der Waals surface area contributed by atoms with Crippen molar-refractivity contribution < 1.29 is 0 Å². The van der Waals surface area contributed by atoms with E-state index in [1.807, 2.05) is 16.8 Å². The molecule has 0 saturated carbocycles. The van der Waals surface area contributed by atoms with Crippen molar-refractivity contribution >= 4 is 12.3 Å². The summed E-state index contributed by atoms with van der Waals surface area (Å²) in [5, 5.41) is 8.99. The van der Waals surface area contributed by atoms with E-state index in [1.54, 1.807) is 12.3 Å². The molecule has 0 bridgehead atoms. The molecule has 0 radical (unpaired) electrons. The topological polar surface area (TPSA) is 57.7 Å². The first-order valence-corrected chi connectivity index (χ1v) is 9.57. The molecule has 1 aliphatic rings. The van der Waals surface area contributed by atoms with Gasteiger partial charge in [0.05, 0.1) is 29.5 Å². The number of hydrogen-bond acceptors (Lipinski definition) is 4. The quantitative estimate of drug-likeness (QED) is 0.658. The van der Waals surface area contributed by atoms with Crippen LogP contribution >= 0.6 is 0 Å². The van der Waals surface area contributed by atoms with Gasteiger partial charge in [-0.15, -0.1) is 0 Å². The summed E-state index contributed by atoms with van der Waals surface area (Å²) < 4.78 is 1.92. The smallest absolute Gasteiger partial charge is 0.136 e. The van der Waals surface area contributed by atoms with E-state index in [0.29, 0.717) is 6.42 Å². The number of nitrogens with zero attached hydrogens (tertiary/aromatic N) is 5. The highest BCUT2D eigenvalue weighted by molar-refractivity contribution is 5.43. The lowest BCUT2D eigenvalue weighted by Gasteiger charge is -2.41. The van der Waals surface area contributed by atoms with Crippen LogP contribution in [0.3, 0.4) is 0 Å². The Morgan fingerprint density at radius 3 is 2.81 bits per heavy atom. The van der Waals surface area contributed by atoms with E-state index in [2.05, 4.69) is 43.3 Å². The molecule has 5 nitrogen and oxygen atoms in total. The van der Waals surface area contributed by atoms with Crippen LogP contribution in [0.15, 0.2) is 37.7 Å². The van der Waals surface area contributed by atoms with Crippen molar-refractivity contribution in [3.63, 3.8) is 0 Å². The summed E-state index contributed by atoms with van der Waals surface area (Å²) >= 11 is 0. The number of likely N-dealkylation sites (tertiary alicyclic amines) is 1. The lowest BCUT2D eigenvalue weighted by Crippen LogP contribution is -2.38. The number of hydrogen-bond donors (Lipinski definition) is 0. The van der Waals surface area contributed by atoms with Gasteiger partial charge in [0.25, 0.3) is 0 Å². The molecular formula is C22H27N5. The summed E-state index contributed by atoms with van der Waals surface area (Å²) in [4.78, 5) is 12.0. The van der Waals surface area contributed by atoms with Crippen molar-refractivity contribution in [1.82, 2.24) is 19.4 Å². The Labute approximate surface area is 161 Å². The second-order valence-electron chi connectivity index (χ2n) is 6.99. The Kier molecular flexibility index (Phi) is 6.20. The second-order valence-corrected chi connectivity index (χ2v) is 6.99. The highest BCUT2D eigenvalue weighted by atomic mass is 15.2. The highest BCUT2D eigenvalue weighted by Crippen LogP contribution is 2.41. The number of aromatic nitrogens is 3. The van der Waals surface area contributed by atoms with Gasteiger partial charge in [-0.25, -0.2) is 4.98 Å². The molecule has 0 amide bonds. The number of imidazole rings is 1. The summed E-state index contributed by atoms with van der Waals surface area (Å²) in [7, 11) is 0. The maximum atomic E-state index is 8.99. The zero-order valence-electron chi connectivity index (χ0n) is 16.0. The minimum atomic E-state index is 0.212. The van der Waals surface area contributed by atoms with Gasteiger partial charge in [-0.3, -0.25) is 9.88 Å². The molecular weight excluding hydrogens is 334 g/mol. The molecule has 0 spiro atoms. The minimum absolute atomic E-state index is 0.212. The number of unbranched alkanes of at least 4 members (excludes halogenated alkanes) is 1. The second kappa shape index (κ2) is 8.79. The lowest BCUT2D eigenvalue weighted by molar-refractivity contribution is 0.0759. The monoisotopic (exact) mass is 361 g/mol. The molecule has 0 N–H and O–H groups in total. The molecule has 1 fully saturated rings. The van der Waals surface area contributed by atoms with Crippen molar-refractivity contribution in [2.45, 2.75) is 51.1 Å². The first kappa shape index (κ1) is 19.1. The molecule has 2 unspecified atom stereocenters. The van der Waals surface area contributed by atoms with E-state index in [4.69, 9.17) is 15.2 Å². The molecule has 3 rings (SSSR count). The maximum absolute atomic E-state index is 8.99. The predicted octanol–water partition coefficient (Wildman–Crippen LogP) is 4.90. The summed E-state index contributed by atoms with van der Waals surface area (Å²) in [6, 6.07) is 6.85. The van der Waals surface area contributed by atoms with E-state index in [1.165, 1.54) is 5.56 Å².